The fourth-order valence-corrected chi connectivity index (χ4v) is 2.92. The monoisotopic (exact) mass is 272 g/mol. The molecule has 0 unspecified atom stereocenters. The van der Waals surface area contributed by atoms with Gasteiger partial charge in [-0.05, 0) is 25.0 Å². The lowest BCUT2D eigenvalue weighted by atomic mass is 9.88. The summed E-state index contributed by atoms with van der Waals surface area (Å²) < 4.78 is 0. The van der Waals surface area contributed by atoms with Gasteiger partial charge in [0.2, 0.25) is 5.91 Å². The van der Waals surface area contributed by atoms with E-state index < -0.39 is 11.8 Å². The standard InChI is InChI=1S/C15H16N2O3/c18-13(9-5-2-1-3-6-9)16-11-8-4-7-10-12(11)15(20)17-14(10)19/h4,7-9H,1-3,5-6H2,(H,16,18)(H,17,19,20). The molecule has 1 aromatic carbocycles. The van der Waals surface area contributed by atoms with E-state index in [-0.39, 0.29) is 17.4 Å². The number of nitrogens with one attached hydrogen (secondary N) is 2. The van der Waals surface area contributed by atoms with Gasteiger partial charge in [0.1, 0.15) is 0 Å². The van der Waals surface area contributed by atoms with Gasteiger partial charge in [-0.25, -0.2) is 0 Å². The second-order valence-corrected chi connectivity index (χ2v) is 5.34. The zero-order valence-corrected chi connectivity index (χ0v) is 11.1. The van der Waals surface area contributed by atoms with Crippen LogP contribution in [0, 0.1) is 5.92 Å². The molecule has 104 valence electrons. The molecule has 5 heteroatoms. The third-order valence-electron chi connectivity index (χ3n) is 4.00. The average Bonchev–Trinajstić information content (AvgIpc) is 2.76. The van der Waals surface area contributed by atoms with Crippen LogP contribution in [-0.2, 0) is 4.79 Å². The van der Waals surface area contributed by atoms with E-state index in [4.69, 9.17) is 0 Å². The van der Waals surface area contributed by atoms with Crippen molar-refractivity contribution in [3.63, 3.8) is 0 Å². The van der Waals surface area contributed by atoms with E-state index in [9.17, 15) is 14.4 Å². The van der Waals surface area contributed by atoms with E-state index in [0.29, 0.717) is 11.3 Å². The largest absolute Gasteiger partial charge is 0.325 e. The van der Waals surface area contributed by atoms with Crippen LogP contribution in [0.25, 0.3) is 0 Å². The molecule has 1 aromatic rings. The van der Waals surface area contributed by atoms with Crippen LogP contribution in [0.15, 0.2) is 18.2 Å². The van der Waals surface area contributed by atoms with Crippen LogP contribution in [0.3, 0.4) is 0 Å². The smallest absolute Gasteiger partial charge is 0.261 e. The predicted octanol–water partition coefficient (Wildman–Crippen LogP) is 2.09. The molecule has 2 N–H and O–H groups in total. The van der Waals surface area contributed by atoms with Crippen molar-refractivity contribution in [3.8, 4) is 0 Å². The number of hydrogen-bond donors (Lipinski definition) is 2. The average molecular weight is 272 g/mol. The summed E-state index contributed by atoms with van der Waals surface area (Å²) in [6.07, 6.45) is 5.12. The van der Waals surface area contributed by atoms with Gasteiger partial charge in [0, 0.05) is 5.92 Å². The lowest BCUT2D eigenvalue weighted by Gasteiger charge is -2.21. The first-order valence-corrected chi connectivity index (χ1v) is 6.96. The van der Waals surface area contributed by atoms with Crippen LogP contribution in [0.2, 0.25) is 0 Å². The third-order valence-corrected chi connectivity index (χ3v) is 4.00. The molecule has 1 heterocycles. The third kappa shape index (κ3) is 2.19. The van der Waals surface area contributed by atoms with Gasteiger partial charge in [-0.15, -0.1) is 0 Å². The van der Waals surface area contributed by atoms with Gasteiger partial charge in [0.15, 0.2) is 0 Å². The summed E-state index contributed by atoms with van der Waals surface area (Å²) in [6.45, 7) is 0. The van der Waals surface area contributed by atoms with Crippen molar-refractivity contribution in [1.29, 1.82) is 0 Å². The molecule has 1 saturated carbocycles. The molecule has 0 radical (unpaired) electrons. The van der Waals surface area contributed by atoms with E-state index in [1.54, 1.807) is 18.2 Å². The number of amides is 3. The first-order valence-electron chi connectivity index (χ1n) is 6.96. The number of imide groups is 1. The van der Waals surface area contributed by atoms with E-state index in [2.05, 4.69) is 10.6 Å². The fourth-order valence-electron chi connectivity index (χ4n) is 2.92. The lowest BCUT2D eigenvalue weighted by molar-refractivity contribution is -0.120. The Morgan fingerprint density at radius 3 is 2.60 bits per heavy atom. The Morgan fingerprint density at radius 1 is 1.10 bits per heavy atom. The summed E-state index contributed by atoms with van der Waals surface area (Å²) in [4.78, 5) is 35.6. The Morgan fingerprint density at radius 2 is 1.85 bits per heavy atom. The van der Waals surface area contributed by atoms with Crippen LogP contribution in [0.4, 0.5) is 5.69 Å². The number of carbonyl (C=O) groups excluding carboxylic acids is 3. The van der Waals surface area contributed by atoms with Gasteiger partial charge in [-0.2, -0.15) is 0 Å². The summed E-state index contributed by atoms with van der Waals surface area (Å²) >= 11 is 0. The topological polar surface area (TPSA) is 75.3 Å². The molecule has 3 amide bonds. The van der Waals surface area contributed by atoms with Crippen molar-refractivity contribution in [3.05, 3.63) is 29.3 Å². The lowest BCUT2D eigenvalue weighted by Crippen LogP contribution is -2.26. The van der Waals surface area contributed by atoms with Crippen LogP contribution in [0.1, 0.15) is 52.8 Å². The van der Waals surface area contributed by atoms with Crippen molar-refractivity contribution in [1.82, 2.24) is 5.32 Å². The zero-order valence-electron chi connectivity index (χ0n) is 11.1. The minimum absolute atomic E-state index is 0.0137. The van der Waals surface area contributed by atoms with Gasteiger partial charge < -0.3 is 5.32 Å². The summed E-state index contributed by atoms with van der Waals surface area (Å²) in [5, 5.41) is 5.06. The van der Waals surface area contributed by atoms with Crippen molar-refractivity contribution in [2.75, 3.05) is 5.32 Å². The highest BCUT2D eigenvalue weighted by molar-refractivity contribution is 6.24. The van der Waals surface area contributed by atoms with Gasteiger partial charge in [0.05, 0.1) is 16.8 Å². The molecule has 20 heavy (non-hydrogen) atoms. The second kappa shape index (κ2) is 5.07. The van der Waals surface area contributed by atoms with Crippen LogP contribution < -0.4 is 10.6 Å². The number of fused-ring (bicyclic) bond motifs is 1. The fraction of sp³-hybridized carbons (Fsp3) is 0.400. The highest BCUT2D eigenvalue weighted by atomic mass is 16.2. The maximum absolute atomic E-state index is 12.2. The Hall–Kier alpha value is -2.17. The Bertz CT molecular complexity index is 589. The zero-order chi connectivity index (χ0) is 14.1. The summed E-state index contributed by atoms with van der Waals surface area (Å²) in [5.74, 6) is -0.881. The Balaban J connectivity index is 1.83. The minimum Gasteiger partial charge on any atom is -0.325 e. The van der Waals surface area contributed by atoms with Crippen LogP contribution in [0.5, 0.6) is 0 Å². The molecule has 0 bridgehead atoms. The van der Waals surface area contributed by atoms with E-state index in [0.717, 1.165) is 25.7 Å². The summed E-state index contributed by atoms with van der Waals surface area (Å²) in [7, 11) is 0. The molecule has 2 aliphatic rings. The maximum atomic E-state index is 12.2. The number of rotatable bonds is 2. The van der Waals surface area contributed by atoms with Crippen LogP contribution in [-0.4, -0.2) is 17.7 Å². The van der Waals surface area contributed by atoms with Gasteiger partial charge in [-0.1, -0.05) is 25.3 Å². The quantitative estimate of drug-likeness (QED) is 0.809. The molecule has 5 nitrogen and oxygen atoms in total. The number of anilines is 1. The molecule has 1 fully saturated rings. The Kier molecular flexibility index (Phi) is 3.26. The molecule has 0 aromatic heterocycles. The van der Waals surface area contributed by atoms with Crippen molar-refractivity contribution < 1.29 is 14.4 Å². The van der Waals surface area contributed by atoms with E-state index in [1.165, 1.54) is 6.42 Å². The highest BCUT2D eigenvalue weighted by Gasteiger charge is 2.30. The molecular weight excluding hydrogens is 256 g/mol. The molecule has 0 spiro atoms. The molecule has 3 rings (SSSR count). The number of benzene rings is 1. The number of hydrogen-bond acceptors (Lipinski definition) is 3. The van der Waals surface area contributed by atoms with Gasteiger partial charge >= 0.3 is 0 Å². The SMILES string of the molecule is O=C1NC(=O)c2c(NC(=O)C3CCCCC3)cccc21. The van der Waals surface area contributed by atoms with Crippen molar-refractivity contribution >= 4 is 23.4 Å². The van der Waals surface area contributed by atoms with E-state index in [1.807, 2.05) is 0 Å². The first-order chi connectivity index (χ1) is 9.66. The van der Waals surface area contributed by atoms with Crippen LogP contribution >= 0.6 is 0 Å². The molecule has 0 atom stereocenters. The second-order valence-electron chi connectivity index (χ2n) is 5.34. The highest BCUT2D eigenvalue weighted by Crippen LogP contribution is 2.28. The summed E-state index contributed by atoms with van der Waals surface area (Å²) in [6, 6.07) is 4.93. The first kappa shape index (κ1) is 12.8. The van der Waals surface area contributed by atoms with Gasteiger partial charge in [0.25, 0.3) is 11.8 Å². The molecule has 1 aliphatic carbocycles. The molecular formula is C15H16N2O3. The Labute approximate surface area is 116 Å². The normalized spacial score (nSPS) is 18.6. The van der Waals surface area contributed by atoms with E-state index >= 15 is 0 Å². The molecule has 0 saturated heterocycles. The maximum Gasteiger partial charge on any atom is 0.261 e. The van der Waals surface area contributed by atoms with Crippen molar-refractivity contribution in [2.24, 2.45) is 5.92 Å². The molecule has 1 aliphatic heterocycles. The van der Waals surface area contributed by atoms with Crippen molar-refractivity contribution in [2.45, 2.75) is 32.1 Å². The minimum atomic E-state index is -0.440. The van der Waals surface area contributed by atoms with Gasteiger partial charge in [-0.3, -0.25) is 19.7 Å². The summed E-state index contributed by atoms with van der Waals surface area (Å²) in [5.41, 5.74) is 1.04. The number of carbonyl (C=O) groups is 3. The predicted molar refractivity (Wildman–Crippen MR) is 73.4 cm³/mol.